The van der Waals surface area contributed by atoms with E-state index in [9.17, 15) is 9.18 Å². The number of nitrogens with one attached hydrogen (secondary N) is 1. The van der Waals surface area contributed by atoms with Gasteiger partial charge in [-0.25, -0.2) is 4.98 Å². The second-order valence-electron chi connectivity index (χ2n) is 3.20. The van der Waals surface area contributed by atoms with Gasteiger partial charge in [-0.3, -0.25) is 4.79 Å². The molecule has 1 heterocycles. The Bertz CT molecular complexity index is 388. The number of nitrogens with zero attached hydrogens (tertiary/aromatic N) is 1. The number of pyridine rings is 1. The first-order valence-corrected chi connectivity index (χ1v) is 4.62. The van der Waals surface area contributed by atoms with Crippen LogP contribution in [0.15, 0.2) is 18.3 Å². The summed E-state index contributed by atoms with van der Waals surface area (Å²) in [5, 5.41) is 2.63. The summed E-state index contributed by atoms with van der Waals surface area (Å²) in [6.45, 7) is 3.73. The van der Waals surface area contributed by atoms with Crippen molar-refractivity contribution >= 4 is 12.0 Å². The van der Waals surface area contributed by atoms with Gasteiger partial charge in [-0.2, -0.15) is 4.39 Å². The van der Waals surface area contributed by atoms with E-state index in [1.165, 1.54) is 19.2 Å². The molecule has 0 radical (unpaired) electrons. The van der Waals surface area contributed by atoms with Crippen molar-refractivity contribution in [3.8, 4) is 0 Å². The van der Waals surface area contributed by atoms with Crippen molar-refractivity contribution in [2.75, 3.05) is 6.54 Å². The average Bonchev–Trinajstić information content (AvgIpc) is 2.14. The lowest BCUT2D eigenvalue weighted by molar-refractivity contribution is -0.118. The minimum Gasteiger partial charge on any atom is -0.353 e. The van der Waals surface area contributed by atoms with Crippen LogP contribution in [0.2, 0.25) is 0 Å². The monoisotopic (exact) mass is 208 g/mol. The maximum atomic E-state index is 12.6. The number of aromatic nitrogens is 1. The summed E-state index contributed by atoms with van der Waals surface area (Å²) in [5.41, 5.74) is 1.67. The highest BCUT2D eigenvalue weighted by atomic mass is 19.1. The Morgan fingerprint density at radius 2 is 2.40 bits per heavy atom. The first kappa shape index (κ1) is 11.4. The lowest BCUT2D eigenvalue weighted by Gasteiger charge is -1.99. The van der Waals surface area contributed by atoms with Crippen molar-refractivity contribution in [2.45, 2.75) is 13.8 Å². The molecule has 0 bridgehead atoms. The predicted molar refractivity (Wildman–Crippen MR) is 56.6 cm³/mol. The number of halogens is 1. The zero-order chi connectivity index (χ0) is 11.3. The number of hydrogen-bond donors (Lipinski definition) is 1. The van der Waals surface area contributed by atoms with E-state index in [1.54, 1.807) is 12.2 Å². The Kier molecular flexibility index (Phi) is 3.97. The summed E-state index contributed by atoms with van der Waals surface area (Å²) in [7, 11) is 0. The fraction of sp³-hybridized carbons (Fsp3) is 0.273. The summed E-state index contributed by atoms with van der Waals surface area (Å²) >= 11 is 0. The van der Waals surface area contributed by atoms with Crippen molar-refractivity contribution in [2.24, 2.45) is 0 Å². The highest BCUT2D eigenvalue weighted by molar-refractivity contribution is 5.73. The predicted octanol–water partition coefficient (Wildman–Crippen LogP) is 1.68. The highest BCUT2D eigenvalue weighted by Crippen LogP contribution is 2.08. The van der Waals surface area contributed by atoms with Crippen molar-refractivity contribution < 1.29 is 9.18 Å². The van der Waals surface area contributed by atoms with Gasteiger partial charge in [-0.05, 0) is 24.1 Å². The van der Waals surface area contributed by atoms with Gasteiger partial charge in [-0.15, -0.1) is 0 Å². The fourth-order valence-corrected chi connectivity index (χ4v) is 1.10. The van der Waals surface area contributed by atoms with Gasteiger partial charge in [0, 0.05) is 19.7 Å². The Morgan fingerprint density at radius 1 is 1.67 bits per heavy atom. The van der Waals surface area contributed by atoms with Crippen LogP contribution in [-0.4, -0.2) is 17.4 Å². The maximum Gasteiger partial charge on any atom is 0.217 e. The smallest absolute Gasteiger partial charge is 0.217 e. The third kappa shape index (κ3) is 3.89. The maximum absolute atomic E-state index is 12.6. The number of hydrogen-bond acceptors (Lipinski definition) is 2. The van der Waals surface area contributed by atoms with E-state index in [1.807, 2.05) is 6.92 Å². The van der Waals surface area contributed by atoms with Gasteiger partial charge >= 0.3 is 0 Å². The number of amides is 1. The van der Waals surface area contributed by atoms with Gasteiger partial charge in [-0.1, -0.05) is 12.2 Å². The molecule has 0 saturated heterocycles. The number of aryl methyl sites for hydroxylation is 1. The van der Waals surface area contributed by atoms with Gasteiger partial charge in [0.15, 0.2) is 0 Å². The molecule has 1 aromatic heterocycles. The second-order valence-corrected chi connectivity index (χ2v) is 3.20. The molecule has 3 nitrogen and oxygen atoms in total. The molecule has 1 aromatic rings. The minimum absolute atomic E-state index is 0.0754. The van der Waals surface area contributed by atoms with Gasteiger partial charge in [0.2, 0.25) is 11.9 Å². The van der Waals surface area contributed by atoms with Crippen LogP contribution in [0.3, 0.4) is 0 Å². The Balaban J connectivity index is 2.60. The molecular weight excluding hydrogens is 195 g/mol. The van der Waals surface area contributed by atoms with Crippen LogP contribution in [0.5, 0.6) is 0 Å². The van der Waals surface area contributed by atoms with Gasteiger partial charge in [0.05, 0.1) is 0 Å². The molecule has 0 aromatic carbocycles. The minimum atomic E-state index is -0.480. The largest absolute Gasteiger partial charge is 0.353 e. The lowest BCUT2D eigenvalue weighted by Crippen LogP contribution is -2.19. The summed E-state index contributed by atoms with van der Waals surface area (Å²) in [5.74, 6) is -0.555. The molecule has 1 rings (SSSR count). The zero-order valence-electron chi connectivity index (χ0n) is 8.75. The topological polar surface area (TPSA) is 42.0 Å². The Hall–Kier alpha value is -1.71. The van der Waals surface area contributed by atoms with E-state index >= 15 is 0 Å². The SMILES string of the molecule is CC(=O)NCC=Cc1cnc(F)cc1C. The van der Waals surface area contributed by atoms with Crippen molar-refractivity contribution in [1.82, 2.24) is 10.3 Å². The van der Waals surface area contributed by atoms with Crippen LogP contribution in [0.1, 0.15) is 18.1 Å². The molecule has 80 valence electrons. The van der Waals surface area contributed by atoms with Crippen LogP contribution in [0, 0.1) is 12.9 Å². The third-order valence-electron chi connectivity index (χ3n) is 1.88. The summed E-state index contributed by atoms with van der Waals surface area (Å²) in [4.78, 5) is 14.1. The molecule has 0 aliphatic rings. The van der Waals surface area contributed by atoms with Gasteiger partial charge < -0.3 is 5.32 Å². The van der Waals surface area contributed by atoms with Crippen molar-refractivity contribution in [3.63, 3.8) is 0 Å². The first-order chi connectivity index (χ1) is 7.09. The normalized spacial score (nSPS) is 10.6. The number of carbonyl (C=O) groups is 1. The van der Waals surface area contributed by atoms with Crippen molar-refractivity contribution in [3.05, 3.63) is 35.4 Å². The highest BCUT2D eigenvalue weighted by Gasteiger charge is 1.96. The molecule has 1 N–H and O–H groups in total. The van der Waals surface area contributed by atoms with Crippen LogP contribution in [0.4, 0.5) is 4.39 Å². The van der Waals surface area contributed by atoms with Crippen LogP contribution < -0.4 is 5.32 Å². The number of carbonyl (C=O) groups excluding carboxylic acids is 1. The lowest BCUT2D eigenvalue weighted by atomic mass is 10.1. The molecule has 0 saturated carbocycles. The standard InChI is InChI=1S/C11H13FN2O/c1-8-6-11(12)14-7-10(8)4-3-5-13-9(2)15/h3-4,6-7H,5H2,1-2H3,(H,13,15). The fourth-order valence-electron chi connectivity index (χ4n) is 1.10. The first-order valence-electron chi connectivity index (χ1n) is 4.62. The van der Waals surface area contributed by atoms with Gasteiger partial charge in [0.1, 0.15) is 0 Å². The van der Waals surface area contributed by atoms with E-state index in [0.29, 0.717) is 6.54 Å². The molecule has 4 heteroatoms. The molecule has 0 spiro atoms. The van der Waals surface area contributed by atoms with E-state index in [4.69, 9.17) is 0 Å². The van der Waals surface area contributed by atoms with Crippen LogP contribution in [0.25, 0.3) is 6.08 Å². The molecular formula is C11H13FN2O. The van der Waals surface area contributed by atoms with E-state index in [2.05, 4.69) is 10.3 Å². The Labute approximate surface area is 88.0 Å². The zero-order valence-corrected chi connectivity index (χ0v) is 8.75. The number of rotatable bonds is 3. The molecule has 0 unspecified atom stereocenters. The second kappa shape index (κ2) is 5.24. The summed E-state index contributed by atoms with van der Waals surface area (Å²) < 4.78 is 12.6. The van der Waals surface area contributed by atoms with E-state index in [0.717, 1.165) is 11.1 Å². The molecule has 0 aliphatic carbocycles. The van der Waals surface area contributed by atoms with Crippen LogP contribution in [-0.2, 0) is 4.79 Å². The van der Waals surface area contributed by atoms with Gasteiger partial charge in [0.25, 0.3) is 0 Å². The van der Waals surface area contributed by atoms with E-state index in [-0.39, 0.29) is 5.91 Å². The average molecular weight is 208 g/mol. The molecule has 0 aliphatic heterocycles. The molecule has 0 fully saturated rings. The van der Waals surface area contributed by atoms with E-state index < -0.39 is 5.95 Å². The summed E-state index contributed by atoms with van der Waals surface area (Å²) in [6.07, 6.45) is 5.07. The third-order valence-corrected chi connectivity index (χ3v) is 1.88. The molecule has 15 heavy (non-hydrogen) atoms. The quantitative estimate of drug-likeness (QED) is 0.768. The molecule has 0 atom stereocenters. The molecule has 1 amide bonds. The summed E-state index contributed by atoms with van der Waals surface area (Å²) in [6, 6.07) is 1.37. The van der Waals surface area contributed by atoms with Crippen molar-refractivity contribution in [1.29, 1.82) is 0 Å². The Morgan fingerprint density at radius 3 is 3.00 bits per heavy atom. The van der Waals surface area contributed by atoms with Crippen LogP contribution >= 0.6 is 0 Å².